The van der Waals surface area contributed by atoms with Gasteiger partial charge in [-0.1, -0.05) is 6.42 Å². The molecule has 122 valence electrons. The standard InChI is InChI=1S/C16H18N2O3S2/c1-23(20,21)12-9-7-11(8-10-12)15(19)18-16-17-13-5-3-2-4-6-14(13)22-16/h7-10H,2-6H2,1H3,(H,17,18,19). The fourth-order valence-corrected chi connectivity index (χ4v) is 4.28. The predicted octanol–water partition coefficient (Wildman–Crippen LogP) is 3.07. The molecular weight excluding hydrogens is 332 g/mol. The SMILES string of the molecule is CS(=O)(=O)c1ccc(C(=O)Nc2nc3c(s2)CCCCC3)cc1. The summed E-state index contributed by atoms with van der Waals surface area (Å²) >= 11 is 1.54. The Hall–Kier alpha value is -1.73. The maximum atomic E-state index is 12.3. The largest absolute Gasteiger partial charge is 0.298 e. The molecule has 0 fully saturated rings. The van der Waals surface area contributed by atoms with Crippen LogP contribution < -0.4 is 5.32 Å². The first-order chi connectivity index (χ1) is 10.9. The monoisotopic (exact) mass is 350 g/mol. The van der Waals surface area contributed by atoms with Crippen LogP contribution in [0.1, 0.15) is 40.2 Å². The highest BCUT2D eigenvalue weighted by molar-refractivity contribution is 7.90. The number of hydrogen-bond acceptors (Lipinski definition) is 5. The highest BCUT2D eigenvalue weighted by Gasteiger charge is 2.16. The Morgan fingerprint density at radius 2 is 1.83 bits per heavy atom. The van der Waals surface area contributed by atoms with Crippen LogP contribution in [0.3, 0.4) is 0 Å². The number of thiazole rings is 1. The molecule has 23 heavy (non-hydrogen) atoms. The van der Waals surface area contributed by atoms with Gasteiger partial charge >= 0.3 is 0 Å². The van der Waals surface area contributed by atoms with E-state index in [-0.39, 0.29) is 10.8 Å². The molecule has 0 bridgehead atoms. The fourth-order valence-electron chi connectivity index (χ4n) is 2.61. The Morgan fingerprint density at radius 1 is 1.13 bits per heavy atom. The van der Waals surface area contributed by atoms with E-state index in [1.807, 2.05) is 0 Å². The van der Waals surface area contributed by atoms with Gasteiger partial charge in [0.05, 0.1) is 10.6 Å². The van der Waals surface area contributed by atoms with Gasteiger partial charge in [0.2, 0.25) is 0 Å². The number of nitrogens with one attached hydrogen (secondary N) is 1. The molecule has 1 aromatic heterocycles. The molecule has 1 N–H and O–H groups in total. The van der Waals surface area contributed by atoms with Gasteiger partial charge in [-0.05, 0) is 49.9 Å². The van der Waals surface area contributed by atoms with Crippen LogP contribution in [0.5, 0.6) is 0 Å². The highest BCUT2D eigenvalue weighted by Crippen LogP contribution is 2.29. The van der Waals surface area contributed by atoms with Crippen LogP contribution >= 0.6 is 11.3 Å². The highest BCUT2D eigenvalue weighted by atomic mass is 32.2. The molecule has 1 aliphatic rings. The van der Waals surface area contributed by atoms with Gasteiger partial charge < -0.3 is 0 Å². The van der Waals surface area contributed by atoms with Crippen LogP contribution in [0.2, 0.25) is 0 Å². The lowest BCUT2D eigenvalue weighted by Crippen LogP contribution is -2.12. The number of nitrogens with zero attached hydrogens (tertiary/aromatic N) is 1. The molecule has 7 heteroatoms. The molecule has 1 amide bonds. The number of aromatic nitrogens is 1. The van der Waals surface area contributed by atoms with E-state index >= 15 is 0 Å². The minimum absolute atomic E-state index is 0.204. The summed E-state index contributed by atoms with van der Waals surface area (Å²) in [6.07, 6.45) is 6.71. The molecule has 0 unspecified atom stereocenters. The summed E-state index contributed by atoms with van der Waals surface area (Å²) in [5.41, 5.74) is 1.53. The lowest BCUT2D eigenvalue weighted by molar-refractivity contribution is 0.102. The number of benzene rings is 1. The van der Waals surface area contributed by atoms with Crippen molar-refractivity contribution in [2.75, 3.05) is 11.6 Å². The summed E-state index contributed by atoms with van der Waals surface area (Å²) in [4.78, 5) is 18.3. The van der Waals surface area contributed by atoms with E-state index in [1.54, 1.807) is 11.3 Å². The zero-order valence-electron chi connectivity index (χ0n) is 12.8. The Balaban J connectivity index is 1.74. The minimum Gasteiger partial charge on any atom is -0.298 e. The van der Waals surface area contributed by atoms with Gasteiger partial charge in [-0.2, -0.15) is 0 Å². The molecule has 1 aromatic carbocycles. The van der Waals surface area contributed by atoms with Crippen molar-refractivity contribution in [2.45, 2.75) is 37.0 Å². The van der Waals surface area contributed by atoms with Crippen molar-refractivity contribution in [1.82, 2.24) is 4.98 Å². The lowest BCUT2D eigenvalue weighted by atomic mass is 10.2. The van der Waals surface area contributed by atoms with Gasteiger partial charge in [0, 0.05) is 16.7 Å². The predicted molar refractivity (Wildman–Crippen MR) is 90.9 cm³/mol. The maximum Gasteiger partial charge on any atom is 0.257 e. The summed E-state index contributed by atoms with van der Waals surface area (Å²) in [6.45, 7) is 0. The normalized spacial score (nSPS) is 14.8. The number of anilines is 1. The van der Waals surface area contributed by atoms with Gasteiger partial charge in [0.25, 0.3) is 5.91 Å². The van der Waals surface area contributed by atoms with Crippen LogP contribution in [-0.2, 0) is 22.7 Å². The lowest BCUT2D eigenvalue weighted by Gasteiger charge is -2.03. The Bertz CT molecular complexity index is 800. The van der Waals surface area contributed by atoms with Crippen molar-refractivity contribution in [2.24, 2.45) is 0 Å². The van der Waals surface area contributed by atoms with E-state index in [4.69, 9.17) is 0 Å². The van der Waals surface area contributed by atoms with E-state index in [0.717, 1.165) is 31.2 Å². The third-order valence-electron chi connectivity index (χ3n) is 3.86. The van der Waals surface area contributed by atoms with E-state index in [1.165, 1.54) is 42.0 Å². The zero-order chi connectivity index (χ0) is 16.4. The van der Waals surface area contributed by atoms with E-state index in [2.05, 4.69) is 10.3 Å². The first-order valence-electron chi connectivity index (χ1n) is 7.53. The quantitative estimate of drug-likeness (QED) is 0.863. The second-order valence-electron chi connectivity index (χ2n) is 5.70. The van der Waals surface area contributed by atoms with Gasteiger partial charge in [0.15, 0.2) is 15.0 Å². The third-order valence-corrected chi connectivity index (χ3v) is 6.06. The molecule has 0 atom stereocenters. The van der Waals surface area contributed by atoms with Gasteiger partial charge in [-0.25, -0.2) is 13.4 Å². The number of sulfone groups is 1. The summed E-state index contributed by atoms with van der Waals surface area (Å²) < 4.78 is 22.9. The van der Waals surface area contributed by atoms with Crippen molar-refractivity contribution in [3.8, 4) is 0 Å². The molecule has 0 radical (unpaired) electrons. The molecule has 3 rings (SSSR count). The average Bonchev–Trinajstić information content (AvgIpc) is 2.75. The zero-order valence-corrected chi connectivity index (χ0v) is 14.5. The first kappa shape index (κ1) is 16.1. The maximum absolute atomic E-state index is 12.3. The Labute approximate surface area is 139 Å². The molecule has 1 aliphatic carbocycles. The summed E-state index contributed by atoms with van der Waals surface area (Å²) in [5.74, 6) is -0.269. The van der Waals surface area contributed by atoms with E-state index in [0.29, 0.717) is 10.7 Å². The molecular formula is C16H18N2O3S2. The number of amides is 1. The summed E-state index contributed by atoms with van der Waals surface area (Å²) in [6, 6.07) is 5.93. The molecule has 0 saturated carbocycles. The van der Waals surface area contributed by atoms with Crippen LogP contribution in [0.25, 0.3) is 0 Å². The molecule has 5 nitrogen and oxygen atoms in total. The van der Waals surface area contributed by atoms with Crippen molar-refractivity contribution < 1.29 is 13.2 Å². The minimum atomic E-state index is -3.25. The Morgan fingerprint density at radius 3 is 2.52 bits per heavy atom. The van der Waals surface area contributed by atoms with E-state index < -0.39 is 9.84 Å². The van der Waals surface area contributed by atoms with Crippen LogP contribution in [0, 0.1) is 0 Å². The summed E-state index contributed by atoms with van der Waals surface area (Å²) in [7, 11) is -3.25. The second-order valence-corrected chi connectivity index (χ2v) is 8.80. The smallest absolute Gasteiger partial charge is 0.257 e. The third kappa shape index (κ3) is 3.79. The number of fused-ring (bicyclic) bond motifs is 1. The van der Waals surface area contributed by atoms with Crippen molar-refractivity contribution in [3.05, 3.63) is 40.4 Å². The molecule has 0 spiro atoms. The van der Waals surface area contributed by atoms with Crippen molar-refractivity contribution >= 4 is 32.2 Å². The number of hydrogen-bond donors (Lipinski definition) is 1. The van der Waals surface area contributed by atoms with Gasteiger partial charge in [-0.3, -0.25) is 10.1 Å². The van der Waals surface area contributed by atoms with Crippen LogP contribution in [0.15, 0.2) is 29.2 Å². The van der Waals surface area contributed by atoms with E-state index in [9.17, 15) is 13.2 Å². The van der Waals surface area contributed by atoms with Crippen LogP contribution in [0.4, 0.5) is 5.13 Å². The van der Waals surface area contributed by atoms with Gasteiger partial charge in [-0.15, -0.1) is 11.3 Å². The fraction of sp³-hybridized carbons (Fsp3) is 0.375. The van der Waals surface area contributed by atoms with Crippen molar-refractivity contribution in [1.29, 1.82) is 0 Å². The molecule has 0 saturated heterocycles. The summed E-state index contributed by atoms with van der Waals surface area (Å²) in [5, 5.41) is 3.43. The Kier molecular flexibility index (Phi) is 4.50. The topological polar surface area (TPSA) is 76.1 Å². The van der Waals surface area contributed by atoms with Crippen LogP contribution in [-0.4, -0.2) is 25.6 Å². The number of carbonyl (C=O) groups excluding carboxylic acids is 1. The number of aryl methyl sites for hydroxylation is 2. The van der Waals surface area contributed by atoms with Gasteiger partial charge in [0.1, 0.15) is 0 Å². The number of rotatable bonds is 3. The van der Waals surface area contributed by atoms with Crippen molar-refractivity contribution in [3.63, 3.8) is 0 Å². The molecule has 2 aromatic rings. The molecule has 0 aliphatic heterocycles. The molecule has 1 heterocycles. The second kappa shape index (κ2) is 6.41. The first-order valence-corrected chi connectivity index (χ1v) is 10.2. The average molecular weight is 350 g/mol. The number of carbonyl (C=O) groups is 1.